The number of methoxy groups -OCH3 is 1. The zero-order valence-corrected chi connectivity index (χ0v) is 12.5. The fraction of sp³-hybridized carbons (Fsp3) is 0.538. The van der Waals surface area contributed by atoms with E-state index in [9.17, 15) is 9.59 Å². The molecule has 0 aromatic carbocycles. The minimum absolute atomic E-state index is 0.000268. The van der Waals surface area contributed by atoms with Gasteiger partial charge < -0.3 is 14.4 Å². The Morgan fingerprint density at radius 3 is 2.65 bits per heavy atom. The molecule has 1 aliphatic rings. The largest absolute Gasteiger partial charge is 0.465 e. The first kappa shape index (κ1) is 14.8. The molecule has 0 unspecified atom stereocenters. The molecule has 0 bridgehead atoms. The monoisotopic (exact) mass is 298 g/mol. The van der Waals surface area contributed by atoms with Crippen molar-refractivity contribution in [3.63, 3.8) is 0 Å². The van der Waals surface area contributed by atoms with E-state index in [0.717, 1.165) is 0 Å². The summed E-state index contributed by atoms with van der Waals surface area (Å²) in [6, 6.07) is 1.42. The van der Waals surface area contributed by atoms with Crippen molar-refractivity contribution < 1.29 is 19.1 Å². The second-order valence-electron chi connectivity index (χ2n) is 4.73. The minimum atomic E-state index is -0.454. The molecule has 2 heterocycles. The van der Waals surface area contributed by atoms with E-state index in [1.54, 1.807) is 16.3 Å². The molecule has 1 saturated heterocycles. The molecular formula is C13H18N2O4S. The minimum Gasteiger partial charge on any atom is -0.465 e. The van der Waals surface area contributed by atoms with Crippen LogP contribution in [0.1, 0.15) is 24.2 Å². The zero-order valence-electron chi connectivity index (χ0n) is 11.7. The van der Waals surface area contributed by atoms with Crippen LogP contribution in [0.3, 0.4) is 0 Å². The molecule has 0 radical (unpaired) electrons. The van der Waals surface area contributed by atoms with Crippen LogP contribution in [0.4, 0.5) is 9.80 Å². The Morgan fingerprint density at radius 1 is 1.40 bits per heavy atom. The van der Waals surface area contributed by atoms with Crippen LogP contribution >= 0.6 is 11.3 Å². The molecule has 110 valence electrons. The summed E-state index contributed by atoms with van der Waals surface area (Å²) in [7, 11) is 1.32. The number of thiophene rings is 1. The Balaban J connectivity index is 2.11. The van der Waals surface area contributed by atoms with Crippen molar-refractivity contribution in [2.45, 2.75) is 25.9 Å². The Morgan fingerprint density at radius 2 is 2.05 bits per heavy atom. The summed E-state index contributed by atoms with van der Waals surface area (Å²) >= 11 is 1.30. The van der Waals surface area contributed by atoms with E-state index in [2.05, 4.69) is 10.1 Å². The van der Waals surface area contributed by atoms with Gasteiger partial charge in [-0.3, -0.25) is 5.32 Å². The quantitative estimate of drug-likeness (QED) is 0.850. The van der Waals surface area contributed by atoms with Gasteiger partial charge in [0.1, 0.15) is 5.00 Å². The second kappa shape index (κ2) is 6.23. The predicted molar refractivity (Wildman–Crippen MR) is 76.3 cm³/mol. The van der Waals surface area contributed by atoms with Crippen LogP contribution in [0.15, 0.2) is 11.4 Å². The summed E-state index contributed by atoms with van der Waals surface area (Å²) in [5.41, 5.74) is 0.374. The predicted octanol–water partition coefficient (Wildman–Crippen LogP) is 2.18. The smallest absolute Gasteiger partial charge is 0.340 e. The van der Waals surface area contributed by atoms with Crippen LogP contribution in [-0.4, -0.2) is 49.3 Å². The van der Waals surface area contributed by atoms with Gasteiger partial charge in [0.05, 0.1) is 38.0 Å². The Kier molecular flexibility index (Phi) is 4.61. The Hall–Kier alpha value is -1.60. The van der Waals surface area contributed by atoms with Crippen LogP contribution < -0.4 is 5.32 Å². The topological polar surface area (TPSA) is 67.9 Å². The molecule has 6 nitrogen and oxygen atoms in total. The maximum Gasteiger partial charge on any atom is 0.340 e. The number of hydrogen-bond donors (Lipinski definition) is 1. The highest BCUT2D eigenvalue weighted by Crippen LogP contribution is 2.25. The van der Waals surface area contributed by atoms with Crippen molar-refractivity contribution in [1.29, 1.82) is 0 Å². The number of carbonyl (C=O) groups is 2. The number of urea groups is 1. The lowest BCUT2D eigenvalue weighted by Crippen LogP contribution is -2.54. The van der Waals surface area contributed by atoms with E-state index in [0.29, 0.717) is 23.8 Å². The average molecular weight is 298 g/mol. The van der Waals surface area contributed by atoms with Crippen molar-refractivity contribution in [2.75, 3.05) is 25.6 Å². The number of esters is 1. The lowest BCUT2D eigenvalue weighted by molar-refractivity contribution is -0.0111. The lowest BCUT2D eigenvalue weighted by atomic mass is 10.2. The van der Waals surface area contributed by atoms with Gasteiger partial charge in [0, 0.05) is 0 Å². The van der Waals surface area contributed by atoms with Gasteiger partial charge in [-0.2, -0.15) is 0 Å². The normalized spacial score (nSPS) is 22.4. The molecule has 1 aliphatic heterocycles. The lowest BCUT2D eigenvalue weighted by Gasteiger charge is -2.38. The Bertz CT molecular complexity index is 492. The molecule has 20 heavy (non-hydrogen) atoms. The third-order valence-electron chi connectivity index (χ3n) is 3.19. The summed E-state index contributed by atoms with van der Waals surface area (Å²) < 4.78 is 10.1. The number of nitrogens with zero attached hydrogens (tertiary/aromatic N) is 1. The highest BCUT2D eigenvalue weighted by molar-refractivity contribution is 7.14. The van der Waals surface area contributed by atoms with Crippen molar-refractivity contribution in [3.05, 3.63) is 17.0 Å². The van der Waals surface area contributed by atoms with Crippen molar-refractivity contribution >= 4 is 28.3 Å². The van der Waals surface area contributed by atoms with Crippen molar-refractivity contribution in [1.82, 2.24) is 4.90 Å². The van der Waals surface area contributed by atoms with Crippen molar-refractivity contribution in [2.24, 2.45) is 0 Å². The fourth-order valence-corrected chi connectivity index (χ4v) is 3.01. The van der Waals surface area contributed by atoms with E-state index in [4.69, 9.17) is 4.74 Å². The van der Waals surface area contributed by atoms with Gasteiger partial charge in [0.15, 0.2) is 0 Å². The van der Waals surface area contributed by atoms with Gasteiger partial charge in [-0.15, -0.1) is 11.3 Å². The molecule has 1 aromatic rings. The number of nitrogens with one attached hydrogen (secondary N) is 1. The van der Waals surface area contributed by atoms with Gasteiger partial charge >= 0.3 is 12.0 Å². The maximum absolute atomic E-state index is 12.4. The summed E-state index contributed by atoms with van der Waals surface area (Å²) in [5.74, 6) is -0.454. The SMILES string of the molecule is COC(=O)c1ccsc1NC(=O)N1[C@@H](C)COC[C@@H]1C. The number of morpholine rings is 1. The van der Waals surface area contributed by atoms with Crippen LogP contribution in [0.5, 0.6) is 0 Å². The van der Waals surface area contributed by atoms with Gasteiger partial charge in [-0.1, -0.05) is 0 Å². The molecule has 0 aliphatic carbocycles. The molecule has 0 saturated carbocycles. The number of carbonyl (C=O) groups excluding carboxylic acids is 2. The molecule has 1 aromatic heterocycles. The van der Waals surface area contributed by atoms with E-state index in [1.165, 1.54) is 18.4 Å². The molecule has 2 atom stereocenters. The van der Waals surface area contributed by atoms with Crippen LogP contribution in [0.25, 0.3) is 0 Å². The average Bonchev–Trinajstić information content (AvgIpc) is 2.85. The zero-order chi connectivity index (χ0) is 14.7. The number of hydrogen-bond acceptors (Lipinski definition) is 5. The maximum atomic E-state index is 12.4. The van der Waals surface area contributed by atoms with Crippen LogP contribution in [0, 0.1) is 0 Å². The number of amides is 2. The summed E-state index contributed by atoms with van der Waals surface area (Å²) in [4.78, 5) is 25.7. The number of ether oxygens (including phenoxy) is 2. The van der Waals surface area contributed by atoms with Crippen LogP contribution in [0.2, 0.25) is 0 Å². The Labute approximate surface area is 121 Å². The van der Waals surface area contributed by atoms with Crippen molar-refractivity contribution in [3.8, 4) is 0 Å². The fourth-order valence-electron chi connectivity index (χ4n) is 2.24. The van der Waals surface area contributed by atoms with E-state index < -0.39 is 5.97 Å². The molecule has 1 N–H and O–H groups in total. The molecule has 0 spiro atoms. The molecule has 7 heteroatoms. The standard InChI is InChI=1S/C13H18N2O4S/c1-8-6-19-7-9(2)15(8)13(17)14-11-10(4-5-20-11)12(16)18-3/h4-5,8-9H,6-7H2,1-3H3,(H,14,17)/t8-,9-/m0/s1. The number of rotatable bonds is 2. The van der Waals surface area contributed by atoms with E-state index in [1.807, 2.05) is 13.8 Å². The first-order valence-corrected chi connectivity index (χ1v) is 7.25. The highest BCUT2D eigenvalue weighted by Gasteiger charge is 2.30. The molecular weight excluding hydrogens is 280 g/mol. The second-order valence-corrected chi connectivity index (χ2v) is 5.64. The third-order valence-corrected chi connectivity index (χ3v) is 4.02. The van der Waals surface area contributed by atoms with Gasteiger partial charge in [0.2, 0.25) is 0 Å². The van der Waals surface area contributed by atoms with Gasteiger partial charge in [-0.25, -0.2) is 9.59 Å². The van der Waals surface area contributed by atoms with Gasteiger partial charge in [0.25, 0.3) is 0 Å². The summed E-state index contributed by atoms with van der Waals surface area (Å²) in [5, 5.41) is 5.04. The van der Waals surface area contributed by atoms with Crippen LogP contribution in [-0.2, 0) is 9.47 Å². The first-order valence-electron chi connectivity index (χ1n) is 6.37. The summed E-state index contributed by atoms with van der Waals surface area (Å²) in [6.07, 6.45) is 0. The van der Waals surface area contributed by atoms with E-state index >= 15 is 0 Å². The summed E-state index contributed by atoms with van der Waals surface area (Å²) in [6.45, 7) is 4.91. The van der Waals surface area contributed by atoms with E-state index in [-0.39, 0.29) is 18.1 Å². The molecule has 2 amide bonds. The highest BCUT2D eigenvalue weighted by atomic mass is 32.1. The molecule has 1 fully saturated rings. The third kappa shape index (κ3) is 2.94. The number of anilines is 1. The van der Waals surface area contributed by atoms with Gasteiger partial charge in [-0.05, 0) is 25.3 Å². The first-order chi connectivity index (χ1) is 9.54. The molecule has 2 rings (SSSR count).